The van der Waals surface area contributed by atoms with Crippen molar-refractivity contribution >= 4 is 33.8 Å². The summed E-state index contributed by atoms with van der Waals surface area (Å²) in [4.78, 5) is 12.7. The molecule has 3 rings (SSSR count). The minimum absolute atomic E-state index is 0.00699. The van der Waals surface area contributed by atoms with Crippen molar-refractivity contribution in [1.82, 2.24) is 19.9 Å². The summed E-state index contributed by atoms with van der Waals surface area (Å²) in [5.74, 6) is 0.00699. The second-order valence-corrected chi connectivity index (χ2v) is 5.89. The number of carbonyl (C=O) groups excluding carboxylic acids is 1. The normalized spacial score (nSPS) is 10.9. The van der Waals surface area contributed by atoms with E-state index in [1.54, 1.807) is 29.8 Å². The van der Waals surface area contributed by atoms with Gasteiger partial charge in [0.25, 0.3) is 0 Å². The lowest BCUT2D eigenvalue weighted by molar-refractivity contribution is -0.120. The van der Waals surface area contributed by atoms with Gasteiger partial charge < -0.3 is 5.32 Å². The van der Waals surface area contributed by atoms with Crippen LogP contribution in [0.5, 0.6) is 0 Å². The molecule has 0 unspecified atom stereocenters. The van der Waals surface area contributed by atoms with Crippen molar-refractivity contribution in [3.63, 3.8) is 0 Å². The maximum absolute atomic E-state index is 11.9. The largest absolute Gasteiger partial charge is 0.355 e. The number of hydrogen-bond donors (Lipinski definition) is 1. The third-order valence-corrected chi connectivity index (χ3v) is 4.24. The third kappa shape index (κ3) is 3.40. The molecule has 5 nitrogen and oxygen atoms in total. The van der Waals surface area contributed by atoms with Gasteiger partial charge in [0, 0.05) is 29.1 Å². The second kappa shape index (κ2) is 6.24. The SMILES string of the molecule is O=C(Cc1ccc(Cl)cc1)NCCc1csc2nncn12. The average Bonchev–Trinajstić information content (AvgIpc) is 3.06. The molecule has 0 bridgehead atoms. The highest BCUT2D eigenvalue weighted by Crippen LogP contribution is 2.13. The lowest BCUT2D eigenvalue weighted by Gasteiger charge is -2.05. The minimum Gasteiger partial charge on any atom is -0.355 e. The number of halogens is 1. The van der Waals surface area contributed by atoms with Crippen LogP contribution in [0.25, 0.3) is 4.96 Å². The van der Waals surface area contributed by atoms with Gasteiger partial charge in [-0.3, -0.25) is 9.20 Å². The smallest absolute Gasteiger partial charge is 0.224 e. The molecule has 21 heavy (non-hydrogen) atoms. The van der Waals surface area contributed by atoms with E-state index in [-0.39, 0.29) is 5.91 Å². The molecule has 1 aromatic carbocycles. The quantitative estimate of drug-likeness (QED) is 0.785. The molecule has 0 spiro atoms. The van der Waals surface area contributed by atoms with Crippen LogP contribution in [0.2, 0.25) is 5.02 Å². The molecule has 0 atom stereocenters. The van der Waals surface area contributed by atoms with Crippen LogP contribution in [0.1, 0.15) is 11.3 Å². The number of benzene rings is 1. The highest BCUT2D eigenvalue weighted by atomic mass is 35.5. The molecule has 1 N–H and O–H groups in total. The maximum Gasteiger partial charge on any atom is 0.224 e. The standard InChI is InChI=1S/C14H13ClN4OS/c15-11-3-1-10(2-4-11)7-13(20)16-6-5-12-8-21-14-18-17-9-19(12)14/h1-4,8-9H,5-7H2,(H,16,20). The molecule has 0 aliphatic carbocycles. The van der Waals surface area contributed by atoms with Crippen molar-refractivity contribution in [2.75, 3.05) is 6.54 Å². The van der Waals surface area contributed by atoms with Crippen molar-refractivity contribution in [3.05, 3.63) is 52.3 Å². The van der Waals surface area contributed by atoms with Crippen molar-refractivity contribution in [1.29, 1.82) is 0 Å². The molecule has 7 heteroatoms. The van der Waals surface area contributed by atoms with Gasteiger partial charge in [-0.25, -0.2) is 0 Å². The van der Waals surface area contributed by atoms with Gasteiger partial charge in [-0.2, -0.15) is 0 Å². The fourth-order valence-electron chi connectivity index (χ4n) is 2.04. The first-order valence-corrected chi connectivity index (χ1v) is 7.75. The Kier molecular flexibility index (Phi) is 4.17. The van der Waals surface area contributed by atoms with Crippen LogP contribution in [0.4, 0.5) is 0 Å². The Morgan fingerprint density at radius 2 is 2.14 bits per heavy atom. The first-order valence-electron chi connectivity index (χ1n) is 6.49. The van der Waals surface area contributed by atoms with E-state index in [2.05, 4.69) is 15.5 Å². The summed E-state index contributed by atoms with van der Waals surface area (Å²) in [7, 11) is 0. The van der Waals surface area contributed by atoms with E-state index >= 15 is 0 Å². The van der Waals surface area contributed by atoms with Gasteiger partial charge in [0.15, 0.2) is 0 Å². The van der Waals surface area contributed by atoms with Crippen molar-refractivity contribution < 1.29 is 4.79 Å². The first kappa shape index (κ1) is 14.0. The van der Waals surface area contributed by atoms with E-state index in [0.717, 1.165) is 22.6 Å². The Hall–Kier alpha value is -1.92. The van der Waals surface area contributed by atoms with Crippen molar-refractivity contribution in [2.24, 2.45) is 0 Å². The molecule has 0 aliphatic rings. The molecule has 0 aliphatic heterocycles. The van der Waals surface area contributed by atoms with Crippen LogP contribution < -0.4 is 5.32 Å². The Bertz CT molecular complexity index is 750. The summed E-state index contributed by atoms with van der Waals surface area (Å²) in [5.41, 5.74) is 2.06. The molecule has 0 saturated heterocycles. The maximum atomic E-state index is 11.9. The van der Waals surface area contributed by atoms with Crippen LogP contribution in [0.15, 0.2) is 36.0 Å². The summed E-state index contributed by atoms with van der Waals surface area (Å²) in [6.07, 6.45) is 2.81. The number of aromatic nitrogens is 3. The van der Waals surface area contributed by atoms with Crippen LogP contribution in [-0.4, -0.2) is 27.0 Å². The Morgan fingerprint density at radius 3 is 2.95 bits per heavy atom. The third-order valence-electron chi connectivity index (χ3n) is 3.11. The van der Waals surface area contributed by atoms with E-state index in [1.807, 2.05) is 21.9 Å². The predicted octanol–water partition coefficient (Wildman–Crippen LogP) is 2.35. The van der Waals surface area contributed by atoms with E-state index in [4.69, 9.17) is 11.6 Å². The Labute approximate surface area is 130 Å². The monoisotopic (exact) mass is 320 g/mol. The topological polar surface area (TPSA) is 59.3 Å². The van der Waals surface area contributed by atoms with Gasteiger partial charge in [0.1, 0.15) is 6.33 Å². The number of nitrogens with one attached hydrogen (secondary N) is 1. The summed E-state index contributed by atoms with van der Waals surface area (Å²) >= 11 is 7.36. The molecule has 0 radical (unpaired) electrons. The molecule has 0 saturated carbocycles. The van der Waals surface area contributed by atoms with E-state index in [9.17, 15) is 4.79 Å². The zero-order valence-corrected chi connectivity index (χ0v) is 12.7. The number of hydrogen-bond acceptors (Lipinski definition) is 4. The highest BCUT2D eigenvalue weighted by molar-refractivity contribution is 7.15. The Balaban J connectivity index is 1.50. The van der Waals surface area contributed by atoms with Gasteiger partial charge >= 0.3 is 0 Å². The summed E-state index contributed by atoms with van der Waals surface area (Å²) in [6.45, 7) is 0.594. The fourth-order valence-corrected chi connectivity index (χ4v) is 3.01. The number of amides is 1. The first-order chi connectivity index (χ1) is 10.2. The zero-order chi connectivity index (χ0) is 14.7. The average molecular weight is 321 g/mol. The highest BCUT2D eigenvalue weighted by Gasteiger charge is 2.06. The van der Waals surface area contributed by atoms with E-state index < -0.39 is 0 Å². The molecule has 3 aromatic rings. The molecular weight excluding hydrogens is 308 g/mol. The van der Waals surface area contributed by atoms with Crippen molar-refractivity contribution in [2.45, 2.75) is 12.8 Å². The van der Waals surface area contributed by atoms with Gasteiger partial charge in [-0.05, 0) is 17.7 Å². The van der Waals surface area contributed by atoms with Crippen LogP contribution in [0.3, 0.4) is 0 Å². The molecule has 2 heterocycles. The van der Waals surface area contributed by atoms with E-state index in [0.29, 0.717) is 18.0 Å². The second-order valence-electron chi connectivity index (χ2n) is 4.61. The van der Waals surface area contributed by atoms with E-state index in [1.165, 1.54) is 0 Å². The van der Waals surface area contributed by atoms with Gasteiger partial charge in [0.2, 0.25) is 10.9 Å². The summed E-state index contributed by atoms with van der Waals surface area (Å²) < 4.78 is 1.94. The van der Waals surface area contributed by atoms with Crippen LogP contribution in [0, 0.1) is 0 Å². The number of thiazole rings is 1. The predicted molar refractivity (Wildman–Crippen MR) is 82.7 cm³/mol. The van der Waals surface area contributed by atoms with Crippen molar-refractivity contribution in [3.8, 4) is 0 Å². The van der Waals surface area contributed by atoms with Gasteiger partial charge in [0.05, 0.1) is 6.42 Å². The molecule has 0 fully saturated rings. The van der Waals surface area contributed by atoms with Gasteiger partial charge in [-0.15, -0.1) is 21.5 Å². The molecule has 1 amide bonds. The Morgan fingerprint density at radius 1 is 1.33 bits per heavy atom. The summed E-state index contributed by atoms with van der Waals surface area (Å²) in [5, 5.41) is 13.5. The summed E-state index contributed by atoms with van der Waals surface area (Å²) in [6, 6.07) is 7.31. The molecule has 2 aromatic heterocycles. The molecule has 108 valence electrons. The van der Waals surface area contributed by atoms with Crippen LogP contribution >= 0.6 is 22.9 Å². The number of fused-ring (bicyclic) bond motifs is 1. The number of rotatable bonds is 5. The molecular formula is C14H13ClN4OS. The van der Waals surface area contributed by atoms with Crippen LogP contribution in [-0.2, 0) is 17.6 Å². The number of nitrogens with zero attached hydrogens (tertiary/aromatic N) is 3. The fraction of sp³-hybridized carbons (Fsp3) is 0.214. The lowest BCUT2D eigenvalue weighted by atomic mass is 10.1. The number of carbonyl (C=O) groups is 1. The lowest BCUT2D eigenvalue weighted by Crippen LogP contribution is -2.27. The zero-order valence-electron chi connectivity index (χ0n) is 11.1. The van der Waals surface area contributed by atoms with Gasteiger partial charge in [-0.1, -0.05) is 23.7 Å². The minimum atomic E-state index is 0.00699.